The number of halogens is 1. The molecule has 0 saturated heterocycles. The number of hydrogen-bond donors (Lipinski definition) is 2. The summed E-state index contributed by atoms with van der Waals surface area (Å²) < 4.78 is 15.2. The van der Waals surface area contributed by atoms with E-state index in [0.717, 1.165) is 5.52 Å². The van der Waals surface area contributed by atoms with E-state index >= 15 is 0 Å². The van der Waals surface area contributed by atoms with Crippen molar-refractivity contribution in [2.75, 3.05) is 18.4 Å². The molecule has 0 unspecified atom stereocenters. The number of hydrogen-bond acceptors (Lipinski definition) is 3. The summed E-state index contributed by atoms with van der Waals surface area (Å²) >= 11 is 0. The number of imidazole rings is 1. The molecule has 0 amide bonds. The molecule has 1 heterocycles. The average Bonchev–Trinajstić information content (AvgIpc) is 2.55. The maximum atomic E-state index is 13.4. The molecule has 15 heavy (non-hydrogen) atoms. The SMILES string of the molecule is Cn1c(NCCN)nc2c(F)cccc21. The summed E-state index contributed by atoms with van der Waals surface area (Å²) in [5.41, 5.74) is 6.54. The highest BCUT2D eigenvalue weighted by Gasteiger charge is 2.09. The molecule has 0 radical (unpaired) electrons. The van der Waals surface area contributed by atoms with Crippen LogP contribution < -0.4 is 11.1 Å². The van der Waals surface area contributed by atoms with E-state index in [0.29, 0.717) is 24.6 Å². The maximum absolute atomic E-state index is 13.4. The molecule has 0 aliphatic rings. The van der Waals surface area contributed by atoms with Gasteiger partial charge in [-0.2, -0.15) is 0 Å². The van der Waals surface area contributed by atoms with Crippen LogP contribution in [0.25, 0.3) is 11.0 Å². The van der Waals surface area contributed by atoms with Gasteiger partial charge in [0.15, 0.2) is 5.82 Å². The van der Waals surface area contributed by atoms with Gasteiger partial charge in [-0.25, -0.2) is 9.37 Å². The molecule has 0 atom stereocenters. The number of rotatable bonds is 3. The Morgan fingerprint density at radius 1 is 1.53 bits per heavy atom. The summed E-state index contributed by atoms with van der Waals surface area (Å²) in [5.74, 6) is 0.337. The second-order valence-corrected chi connectivity index (χ2v) is 3.32. The zero-order valence-electron chi connectivity index (χ0n) is 8.50. The number of aryl methyl sites for hydroxylation is 1. The third-order valence-corrected chi connectivity index (χ3v) is 2.29. The minimum Gasteiger partial charge on any atom is -0.354 e. The van der Waals surface area contributed by atoms with Crippen molar-refractivity contribution in [1.82, 2.24) is 9.55 Å². The van der Waals surface area contributed by atoms with Crippen LogP contribution in [-0.2, 0) is 7.05 Å². The second-order valence-electron chi connectivity index (χ2n) is 3.32. The number of nitrogens with zero attached hydrogens (tertiary/aromatic N) is 2. The predicted octanol–water partition coefficient (Wildman–Crippen LogP) is 1.08. The molecular weight excluding hydrogens is 195 g/mol. The van der Waals surface area contributed by atoms with E-state index in [1.165, 1.54) is 6.07 Å². The van der Waals surface area contributed by atoms with Crippen molar-refractivity contribution in [2.24, 2.45) is 12.8 Å². The smallest absolute Gasteiger partial charge is 0.203 e. The van der Waals surface area contributed by atoms with Crippen molar-refractivity contribution in [3.63, 3.8) is 0 Å². The predicted molar refractivity (Wildman–Crippen MR) is 58.2 cm³/mol. The van der Waals surface area contributed by atoms with Crippen LogP contribution >= 0.6 is 0 Å². The van der Waals surface area contributed by atoms with Crippen LogP contribution in [0.5, 0.6) is 0 Å². The molecule has 0 spiro atoms. The van der Waals surface area contributed by atoms with Crippen LogP contribution in [0.3, 0.4) is 0 Å². The summed E-state index contributed by atoms with van der Waals surface area (Å²) in [6.07, 6.45) is 0. The highest BCUT2D eigenvalue weighted by atomic mass is 19.1. The van der Waals surface area contributed by atoms with Gasteiger partial charge in [-0.05, 0) is 12.1 Å². The van der Waals surface area contributed by atoms with E-state index in [-0.39, 0.29) is 5.82 Å². The van der Waals surface area contributed by atoms with Gasteiger partial charge in [0.05, 0.1) is 5.52 Å². The lowest BCUT2D eigenvalue weighted by molar-refractivity contribution is 0.637. The Labute approximate surface area is 86.9 Å². The van der Waals surface area contributed by atoms with Crippen LogP contribution in [0.4, 0.5) is 10.3 Å². The van der Waals surface area contributed by atoms with E-state index in [9.17, 15) is 4.39 Å². The quantitative estimate of drug-likeness (QED) is 0.793. The van der Waals surface area contributed by atoms with Gasteiger partial charge in [-0.15, -0.1) is 0 Å². The minimum absolute atomic E-state index is 0.302. The fourth-order valence-corrected chi connectivity index (χ4v) is 1.52. The fourth-order valence-electron chi connectivity index (χ4n) is 1.52. The van der Waals surface area contributed by atoms with Crippen molar-refractivity contribution >= 4 is 17.0 Å². The van der Waals surface area contributed by atoms with Crippen molar-refractivity contribution in [3.05, 3.63) is 24.0 Å². The van der Waals surface area contributed by atoms with E-state index in [1.54, 1.807) is 6.07 Å². The summed E-state index contributed by atoms with van der Waals surface area (Å²) in [7, 11) is 1.84. The van der Waals surface area contributed by atoms with Gasteiger partial charge in [0.2, 0.25) is 5.95 Å². The van der Waals surface area contributed by atoms with Crippen LogP contribution in [0, 0.1) is 5.82 Å². The second kappa shape index (κ2) is 3.86. The lowest BCUT2D eigenvalue weighted by Gasteiger charge is -2.03. The topological polar surface area (TPSA) is 55.9 Å². The molecule has 3 N–H and O–H groups in total. The summed E-state index contributed by atoms with van der Waals surface area (Å²) in [5, 5.41) is 3.04. The molecule has 0 bridgehead atoms. The zero-order chi connectivity index (χ0) is 10.8. The van der Waals surface area contributed by atoms with Gasteiger partial charge in [-0.1, -0.05) is 6.07 Å². The molecule has 0 aliphatic carbocycles. The molecule has 0 fully saturated rings. The average molecular weight is 208 g/mol. The molecule has 4 nitrogen and oxygen atoms in total. The first-order valence-electron chi connectivity index (χ1n) is 4.79. The van der Waals surface area contributed by atoms with E-state index in [4.69, 9.17) is 5.73 Å². The lowest BCUT2D eigenvalue weighted by atomic mass is 10.3. The van der Waals surface area contributed by atoms with E-state index in [2.05, 4.69) is 10.3 Å². The van der Waals surface area contributed by atoms with Gasteiger partial charge in [0.1, 0.15) is 5.52 Å². The molecule has 0 aliphatic heterocycles. The number of aromatic nitrogens is 2. The van der Waals surface area contributed by atoms with Crippen molar-refractivity contribution in [2.45, 2.75) is 0 Å². The first-order chi connectivity index (χ1) is 7.24. The third-order valence-electron chi connectivity index (χ3n) is 2.29. The monoisotopic (exact) mass is 208 g/mol. The Balaban J connectivity index is 2.49. The summed E-state index contributed by atoms with van der Waals surface area (Å²) in [6, 6.07) is 4.91. The van der Waals surface area contributed by atoms with Gasteiger partial charge in [0.25, 0.3) is 0 Å². The molecule has 80 valence electrons. The molecular formula is C10H13FN4. The Bertz CT molecular complexity index is 477. The summed E-state index contributed by atoms with van der Waals surface area (Å²) in [6.45, 7) is 1.14. The van der Waals surface area contributed by atoms with Gasteiger partial charge in [0, 0.05) is 20.1 Å². The molecule has 1 aromatic heterocycles. The first-order valence-corrected chi connectivity index (χ1v) is 4.79. The van der Waals surface area contributed by atoms with Crippen LogP contribution in [0.15, 0.2) is 18.2 Å². The Morgan fingerprint density at radius 2 is 2.33 bits per heavy atom. The first kappa shape index (κ1) is 9.92. The Morgan fingerprint density at radius 3 is 3.00 bits per heavy atom. The van der Waals surface area contributed by atoms with Crippen molar-refractivity contribution in [3.8, 4) is 0 Å². The minimum atomic E-state index is -0.302. The number of nitrogens with two attached hydrogens (primary N) is 1. The third kappa shape index (κ3) is 1.66. The van der Waals surface area contributed by atoms with E-state index < -0.39 is 0 Å². The maximum Gasteiger partial charge on any atom is 0.203 e. The van der Waals surface area contributed by atoms with Gasteiger partial charge in [-0.3, -0.25) is 0 Å². The standard InChI is InChI=1S/C10H13FN4/c1-15-8-4-2-3-7(11)9(8)14-10(15)13-6-5-12/h2-4H,5-6,12H2,1H3,(H,13,14). The highest BCUT2D eigenvalue weighted by Crippen LogP contribution is 2.20. The number of anilines is 1. The zero-order valence-corrected chi connectivity index (χ0v) is 8.50. The number of fused-ring (bicyclic) bond motifs is 1. The fraction of sp³-hybridized carbons (Fsp3) is 0.300. The molecule has 1 aromatic carbocycles. The summed E-state index contributed by atoms with van der Waals surface area (Å²) in [4.78, 5) is 4.17. The van der Waals surface area contributed by atoms with E-state index in [1.807, 2.05) is 17.7 Å². The van der Waals surface area contributed by atoms with Gasteiger partial charge < -0.3 is 15.6 Å². The van der Waals surface area contributed by atoms with Crippen LogP contribution in [0.2, 0.25) is 0 Å². The number of benzene rings is 1. The largest absolute Gasteiger partial charge is 0.354 e. The Kier molecular flexibility index (Phi) is 2.55. The number of para-hydroxylation sites is 1. The normalized spacial score (nSPS) is 10.9. The molecule has 0 saturated carbocycles. The van der Waals surface area contributed by atoms with Crippen LogP contribution in [-0.4, -0.2) is 22.6 Å². The highest BCUT2D eigenvalue weighted by molar-refractivity contribution is 5.79. The Hall–Kier alpha value is -1.62. The van der Waals surface area contributed by atoms with Crippen LogP contribution in [0.1, 0.15) is 0 Å². The molecule has 5 heteroatoms. The van der Waals surface area contributed by atoms with Crippen molar-refractivity contribution < 1.29 is 4.39 Å². The van der Waals surface area contributed by atoms with Crippen molar-refractivity contribution in [1.29, 1.82) is 0 Å². The molecule has 2 rings (SSSR count). The number of nitrogens with one attached hydrogen (secondary N) is 1. The lowest BCUT2D eigenvalue weighted by Crippen LogP contribution is -2.15. The molecule has 2 aromatic rings. The van der Waals surface area contributed by atoms with Gasteiger partial charge >= 0.3 is 0 Å².